The summed E-state index contributed by atoms with van der Waals surface area (Å²) >= 11 is 2.11. The van der Waals surface area contributed by atoms with E-state index in [1.54, 1.807) is 14.2 Å². The molecule has 118 valence electrons. The molecule has 0 saturated heterocycles. The lowest BCUT2D eigenvalue weighted by Crippen LogP contribution is -2.21. The molecule has 3 nitrogen and oxygen atoms in total. The number of rotatable bonds is 7. The van der Waals surface area contributed by atoms with Crippen molar-refractivity contribution in [3.8, 4) is 11.5 Å². The molecule has 1 aliphatic rings. The Bertz CT molecular complexity index is 411. The van der Waals surface area contributed by atoms with Gasteiger partial charge in [-0.05, 0) is 37.6 Å². The van der Waals surface area contributed by atoms with Crippen LogP contribution in [0, 0.1) is 0 Å². The molecule has 1 aliphatic carbocycles. The molecule has 1 aromatic rings. The van der Waals surface area contributed by atoms with E-state index in [2.05, 4.69) is 29.2 Å². The van der Waals surface area contributed by atoms with E-state index in [9.17, 15) is 0 Å². The van der Waals surface area contributed by atoms with Crippen molar-refractivity contribution >= 4 is 11.8 Å². The van der Waals surface area contributed by atoms with Crippen LogP contribution in [0.2, 0.25) is 0 Å². The van der Waals surface area contributed by atoms with E-state index >= 15 is 0 Å². The molecule has 0 spiro atoms. The molecule has 1 N–H and O–H groups in total. The van der Waals surface area contributed by atoms with Crippen LogP contribution >= 0.6 is 11.8 Å². The number of ether oxygens (including phenoxy) is 2. The maximum atomic E-state index is 5.37. The van der Waals surface area contributed by atoms with Gasteiger partial charge in [0.1, 0.15) is 11.5 Å². The smallest absolute Gasteiger partial charge is 0.122 e. The quantitative estimate of drug-likeness (QED) is 0.824. The topological polar surface area (TPSA) is 30.5 Å². The van der Waals surface area contributed by atoms with Crippen LogP contribution < -0.4 is 14.8 Å². The van der Waals surface area contributed by atoms with E-state index in [0.29, 0.717) is 6.04 Å². The number of hydrogen-bond donors (Lipinski definition) is 1. The van der Waals surface area contributed by atoms with E-state index in [0.717, 1.165) is 22.5 Å². The summed E-state index contributed by atoms with van der Waals surface area (Å²) in [6, 6.07) is 6.46. The standard InChI is InChI=1S/C17H27NO2S/c1-18-17(12-21-16-7-5-4-6-8-16)13-9-14(19-2)11-15(10-13)20-3/h9-11,16-18H,4-8,12H2,1-3H3. The zero-order valence-corrected chi connectivity index (χ0v) is 14.2. The summed E-state index contributed by atoms with van der Waals surface area (Å²) in [5.74, 6) is 2.80. The van der Waals surface area contributed by atoms with Gasteiger partial charge in [-0.3, -0.25) is 0 Å². The van der Waals surface area contributed by atoms with Crippen molar-refractivity contribution in [2.24, 2.45) is 0 Å². The Morgan fingerprint density at radius 2 is 1.71 bits per heavy atom. The van der Waals surface area contributed by atoms with Gasteiger partial charge in [0.05, 0.1) is 14.2 Å². The zero-order valence-electron chi connectivity index (χ0n) is 13.4. The van der Waals surface area contributed by atoms with Crippen LogP contribution in [-0.2, 0) is 0 Å². The summed E-state index contributed by atoms with van der Waals surface area (Å²) in [5, 5.41) is 4.26. The Morgan fingerprint density at radius 3 is 2.24 bits per heavy atom. The van der Waals surface area contributed by atoms with Gasteiger partial charge >= 0.3 is 0 Å². The van der Waals surface area contributed by atoms with E-state index in [1.165, 1.54) is 37.7 Å². The Balaban J connectivity index is 2.01. The molecular formula is C17H27NO2S. The number of benzene rings is 1. The van der Waals surface area contributed by atoms with Crippen molar-refractivity contribution in [1.82, 2.24) is 5.32 Å². The highest BCUT2D eigenvalue weighted by molar-refractivity contribution is 7.99. The van der Waals surface area contributed by atoms with Gasteiger partial charge in [0.15, 0.2) is 0 Å². The Kier molecular flexibility index (Phi) is 6.71. The van der Waals surface area contributed by atoms with Gasteiger partial charge in [0, 0.05) is 23.1 Å². The minimum absolute atomic E-state index is 0.334. The van der Waals surface area contributed by atoms with Crippen LogP contribution in [0.1, 0.15) is 43.7 Å². The third kappa shape index (κ3) is 4.82. The van der Waals surface area contributed by atoms with Crippen molar-refractivity contribution in [3.05, 3.63) is 23.8 Å². The van der Waals surface area contributed by atoms with Gasteiger partial charge in [-0.2, -0.15) is 11.8 Å². The fourth-order valence-corrected chi connectivity index (χ4v) is 4.33. The van der Waals surface area contributed by atoms with Crippen LogP contribution in [0.5, 0.6) is 11.5 Å². The molecule has 0 heterocycles. The van der Waals surface area contributed by atoms with Crippen LogP contribution in [0.4, 0.5) is 0 Å². The first-order chi connectivity index (χ1) is 10.3. The highest BCUT2D eigenvalue weighted by Gasteiger charge is 2.18. The molecule has 1 saturated carbocycles. The summed E-state index contributed by atoms with van der Waals surface area (Å²) in [4.78, 5) is 0. The van der Waals surface area contributed by atoms with Crippen molar-refractivity contribution in [3.63, 3.8) is 0 Å². The minimum Gasteiger partial charge on any atom is -0.497 e. The Morgan fingerprint density at radius 1 is 1.10 bits per heavy atom. The molecule has 1 fully saturated rings. The summed E-state index contributed by atoms with van der Waals surface area (Å²) in [7, 11) is 5.42. The lowest BCUT2D eigenvalue weighted by Gasteiger charge is -2.24. The number of hydrogen-bond acceptors (Lipinski definition) is 4. The highest BCUT2D eigenvalue weighted by atomic mass is 32.2. The molecule has 0 aliphatic heterocycles. The first kappa shape index (κ1) is 16.5. The normalized spacial score (nSPS) is 17.5. The first-order valence-corrected chi connectivity index (χ1v) is 8.83. The summed E-state index contributed by atoms with van der Waals surface area (Å²) in [6.45, 7) is 0. The summed E-state index contributed by atoms with van der Waals surface area (Å²) in [5.41, 5.74) is 1.23. The second-order valence-electron chi connectivity index (χ2n) is 5.58. The second-order valence-corrected chi connectivity index (χ2v) is 6.91. The molecule has 4 heteroatoms. The molecule has 0 aromatic heterocycles. The maximum Gasteiger partial charge on any atom is 0.122 e. The van der Waals surface area contributed by atoms with E-state index in [1.807, 2.05) is 13.1 Å². The Labute approximate surface area is 132 Å². The third-order valence-electron chi connectivity index (χ3n) is 4.18. The predicted octanol–water partition coefficient (Wildman–Crippen LogP) is 4.03. The fraction of sp³-hybridized carbons (Fsp3) is 0.647. The second kappa shape index (κ2) is 8.54. The first-order valence-electron chi connectivity index (χ1n) is 7.78. The number of methoxy groups -OCH3 is 2. The third-order valence-corrected chi connectivity index (χ3v) is 5.64. The van der Waals surface area contributed by atoms with Gasteiger partial charge < -0.3 is 14.8 Å². The summed E-state index contributed by atoms with van der Waals surface area (Å²) < 4.78 is 10.7. The molecule has 0 amide bonds. The fourth-order valence-electron chi connectivity index (χ4n) is 2.84. The molecule has 2 rings (SSSR count). The van der Waals surface area contributed by atoms with Crippen molar-refractivity contribution in [1.29, 1.82) is 0 Å². The molecular weight excluding hydrogens is 282 g/mol. The number of nitrogens with one attached hydrogen (secondary N) is 1. The maximum absolute atomic E-state index is 5.37. The van der Waals surface area contributed by atoms with E-state index in [-0.39, 0.29) is 0 Å². The van der Waals surface area contributed by atoms with E-state index in [4.69, 9.17) is 9.47 Å². The Hall–Kier alpha value is -0.870. The van der Waals surface area contributed by atoms with Gasteiger partial charge in [-0.25, -0.2) is 0 Å². The zero-order chi connectivity index (χ0) is 15.1. The van der Waals surface area contributed by atoms with Crippen LogP contribution in [-0.4, -0.2) is 32.3 Å². The molecule has 1 aromatic carbocycles. The average Bonchev–Trinajstić information content (AvgIpc) is 2.56. The minimum atomic E-state index is 0.334. The molecule has 1 unspecified atom stereocenters. The lowest BCUT2D eigenvalue weighted by atomic mass is 10.0. The summed E-state index contributed by atoms with van der Waals surface area (Å²) in [6.07, 6.45) is 6.97. The molecule has 21 heavy (non-hydrogen) atoms. The van der Waals surface area contributed by atoms with Crippen LogP contribution in [0.25, 0.3) is 0 Å². The monoisotopic (exact) mass is 309 g/mol. The van der Waals surface area contributed by atoms with Crippen molar-refractivity contribution in [2.75, 3.05) is 27.0 Å². The van der Waals surface area contributed by atoms with Gasteiger partial charge in [-0.15, -0.1) is 0 Å². The van der Waals surface area contributed by atoms with Crippen molar-refractivity contribution in [2.45, 2.75) is 43.4 Å². The van der Waals surface area contributed by atoms with Crippen LogP contribution in [0.3, 0.4) is 0 Å². The van der Waals surface area contributed by atoms with Crippen molar-refractivity contribution < 1.29 is 9.47 Å². The highest BCUT2D eigenvalue weighted by Crippen LogP contribution is 2.33. The molecule has 0 bridgehead atoms. The molecule has 0 radical (unpaired) electrons. The largest absolute Gasteiger partial charge is 0.497 e. The SMILES string of the molecule is CNC(CSC1CCCCC1)c1cc(OC)cc(OC)c1. The number of thioether (sulfide) groups is 1. The van der Waals surface area contributed by atoms with Crippen LogP contribution in [0.15, 0.2) is 18.2 Å². The van der Waals surface area contributed by atoms with Gasteiger partial charge in [-0.1, -0.05) is 19.3 Å². The average molecular weight is 309 g/mol. The molecule has 1 atom stereocenters. The lowest BCUT2D eigenvalue weighted by molar-refractivity contribution is 0.392. The van der Waals surface area contributed by atoms with Gasteiger partial charge in [0.25, 0.3) is 0 Å². The van der Waals surface area contributed by atoms with Gasteiger partial charge in [0.2, 0.25) is 0 Å². The predicted molar refractivity (Wildman–Crippen MR) is 90.7 cm³/mol. The van der Waals surface area contributed by atoms with E-state index < -0.39 is 0 Å².